The molecule has 1 fully saturated rings. The standard InChI is InChI=1S/C16H24BrN3O/c1-2-19-10-12-20(13-11-19)9-5-8-18-16(21)14-6-3-4-7-15(14)17/h3-4,6-7H,2,5,8-13H2,1H3,(H,18,21). The topological polar surface area (TPSA) is 35.6 Å². The van der Waals surface area contributed by atoms with Crippen molar-refractivity contribution in [2.24, 2.45) is 0 Å². The summed E-state index contributed by atoms with van der Waals surface area (Å²) in [4.78, 5) is 17.0. The van der Waals surface area contributed by atoms with Crippen LogP contribution >= 0.6 is 15.9 Å². The van der Waals surface area contributed by atoms with E-state index in [2.05, 4.69) is 38.0 Å². The molecule has 0 spiro atoms. The number of carbonyl (C=O) groups is 1. The minimum Gasteiger partial charge on any atom is -0.352 e. The number of nitrogens with zero attached hydrogens (tertiary/aromatic N) is 2. The number of hydrogen-bond donors (Lipinski definition) is 1. The van der Waals surface area contributed by atoms with E-state index in [0.717, 1.165) is 43.6 Å². The van der Waals surface area contributed by atoms with E-state index in [1.165, 1.54) is 13.1 Å². The summed E-state index contributed by atoms with van der Waals surface area (Å²) in [5.74, 6) is -0.00160. The molecule has 0 unspecified atom stereocenters. The van der Waals surface area contributed by atoms with Crippen molar-refractivity contribution in [1.82, 2.24) is 15.1 Å². The average Bonchev–Trinajstić information content (AvgIpc) is 2.52. The molecule has 1 heterocycles. The maximum Gasteiger partial charge on any atom is 0.252 e. The van der Waals surface area contributed by atoms with Gasteiger partial charge in [0.25, 0.3) is 5.91 Å². The Morgan fingerprint density at radius 3 is 2.52 bits per heavy atom. The molecule has 1 aromatic rings. The van der Waals surface area contributed by atoms with Crippen LogP contribution in [0.2, 0.25) is 0 Å². The van der Waals surface area contributed by atoms with Crippen LogP contribution in [0.4, 0.5) is 0 Å². The zero-order chi connectivity index (χ0) is 15.1. The Labute approximate surface area is 135 Å². The van der Waals surface area contributed by atoms with Crippen molar-refractivity contribution in [1.29, 1.82) is 0 Å². The first-order chi connectivity index (χ1) is 10.2. The van der Waals surface area contributed by atoms with Crippen LogP contribution in [0.1, 0.15) is 23.7 Å². The van der Waals surface area contributed by atoms with Crippen molar-refractivity contribution in [2.45, 2.75) is 13.3 Å². The highest BCUT2D eigenvalue weighted by molar-refractivity contribution is 9.10. The van der Waals surface area contributed by atoms with E-state index in [1.807, 2.05) is 24.3 Å². The van der Waals surface area contributed by atoms with Crippen molar-refractivity contribution >= 4 is 21.8 Å². The molecule has 0 atom stereocenters. The van der Waals surface area contributed by atoms with Gasteiger partial charge in [-0.25, -0.2) is 0 Å². The summed E-state index contributed by atoms with van der Waals surface area (Å²) < 4.78 is 0.846. The quantitative estimate of drug-likeness (QED) is 0.796. The number of likely N-dealkylation sites (N-methyl/N-ethyl adjacent to an activating group) is 1. The van der Waals surface area contributed by atoms with Gasteiger partial charge in [-0.05, 0) is 47.6 Å². The number of benzene rings is 1. The number of amides is 1. The summed E-state index contributed by atoms with van der Waals surface area (Å²) in [6.07, 6.45) is 1.00. The third-order valence-corrected chi connectivity index (χ3v) is 4.66. The fraction of sp³-hybridized carbons (Fsp3) is 0.562. The van der Waals surface area contributed by atoms with Crippen molar-refractivity contribution in [3.8, 4) is 0 Å². The van der Waals surface area contributed by atoms with Crippen molar-refractivity contribution in [2.75, 3.05) is 45.8 Å². The van der Waals surface area contributed by atoms with Gasteiger partial charge in [0.05, 0.1) is 5.56 Å². The molecule has 0 saturated carbocycles. The summed E-state index contributed by atoms with van der Waals surface area (Å²) >= 11 is 3.41. The molecule has 21 heavy (non-hydrogen) atoms. The van der Waals surface area contributed by atoms with E-state index in [4.69, 9.17) is 0 Å². The Kier molecular flexibility index (Phi) is 6.67. The third kappa shape index (κ3) is 5.09. The van der Waals surface area contributed by atoms with E-state index < -0.39 is 0 Å². The van der Waals surface area contributed by atoms with Crippen molar-refractivity contribution in [3.63, 3.8) is 0 Å². The number of nitrogens with one attached hydrogen (secondary N) is 1. The molecule has 2 rings (SSSR count). The number of hydrogen-bond acceptors (Lipinski definition) is 3. The Morgan fingerprint density at radius 1 is 1.19 bits per heavy atom. The lowest BCUT2D eigenvalue weighted by molar-refractivity contribution is 0.0947. The van der Waals surface area contributed by atoms with E-state index >= 15 is 0 Å². The summed E-state index contributed by atoms with van der Waals surface area (Å²) in [5, 5.41) is 2.99. The zero-order valence-corrected chi connectivity index (χ0v) is 14.2. The van der Waals surface area contributed by atoms with E-state index in [9.17, 15) is 4.79 Å². The van der Waals surface area contributed by atoms with Crippen molar-refractivity contribution in [3.05, 3.63) is 34.3 Å². The Hall–Kier alpha value is -0.910. The zero-order valence-electron chi connectivity index (χ0n) is 12.6. The van der Waals surface area contributed by atoms with Gasteiger partial charge < -0.3 is 15.1 Å². The summed E-state index contributed by atoms with van der Waals surface area (Å²) in [5.41, 5.74) is 0.703. The molecular formula is C16H24BrN3O. The van der Waals surface area contributed by atoms with Crippen LogP contribution in [-0.4, -0.2) is 61.5 Å². The van der Waals surface area contributed by atoms with Gasteiger partial charge in [0, 0.05) is 37.2 Å². The first-order valence-electron chi connectivity index (χ1n) is 7.68. The molecule has 5 heteroatoms. The van der Waals surface area contributed by atoms with E-state index in [1.54, 1.807) is 0 Å². The SMILES string of the molecule is CCN1CCN(CCCNC(=O)c2ccccc2Br)CC1. The number of halogens is 1. The smallest absolute Gasteiger partial charge is 0.252 e. The summed E-state index contributed by atoms with van der Waals surface area (Å²) in [6, 6.07) is 7.52. The fourth-order valence-electron chi connectivity index (χ4n) is 2.57. The minimum atomic E-state index is -0.00160. The average molecular weight is 354 g/mol. The molecule has 1 aliphatic heterocycles. The molecule has 1 amide bonds. The van der Waals surface area contributed by atoms with Gasteiger partial charge in [-0.15, -0.1) is 0 Å². The molecule has 1 aliphatic rings. The molecule has 0 aliphatic carbocycles. The maximum absolute atomic E-state index is 12.0. The lowest BCUT2D eigenvalue weighted by atomic mass is 10.2. The molecule has 4 nitrogen and oxygen atoms in total. The fourth-order valence-corrected chi connectivity index (χ4v) is 3.04. The van der Waals surface area contributed by atoms with Crippen LogP contribution in [0.5, 0.6) is 0 Å². The summed E-state index contributed by atoms with van der Waals surface area (Å²) in [7, 11) is 0. The predicted octanol–water partition coefficient (Wildman–Crippen LogP) is 2.21. The second kappa shape index (κ2) is 8.51. The van der Waals surface area contributed by atoms with Gasteiger partial charge in [-0.2, -0.15) is 0 Å². The molecular weight excluding hydrogens is 330 g/mol. The molecule has 1 N–H and O–H groups in total. The number of piperazine rings is 1. The lowest BCUT2D eigenvalue weighted by Crippen LogP contribution is -2.46. The second-order valence-electron chi connectivity index (χ2n) is 5.37. The minimum absolute atomic E-state index is 0.00160. The highest BCUT2D eigenvalue weighted by Crippen LogP contribution is 2.15. The Morgan fingerprint density at radius 2 is 1.86 bits per heavy atom. The molecule has 0 aromatic heterocycles. The summed E-state index contributed by atoms with van der Waals surface area (Å²) in [6.45, 7) is 9.78. The highest BCUT2D eigenvalue weighted by Gasteiger charge is 2.15. The molecule has 116 valence electrons. The van der Waals surface area contributed by atoms with Gasteiger partial charge in [0.1, 0.15) is 0 Å². The van der Waals surface area contributed by atoms with Crippen LogP contribution in [0, 0.1) is 0 Å². The van der Waals surface area contributed by atoms with Crippen LogP contribution < -0.4 is 5.32 Å². The molecule has 1 saturated heterocycles. The van der Waals surface area contributed by atoms with Crippen LogP contribution in [0.15, 0.2) is 28.7 Å². The van der Waals surface area contributed by atoms with Gasteiger partial charge in [-0.1, -0.05) is 19.1 Å². The highest BCUT2D eigenvalue weighted by atomic mass is 79.9. The molecule has 0 radical (unpaired) electrons. The van der Waals surface area contributed by atoms with Gasteiger partial charge in [0.15, 0.2) is 0 Å². The Balaban J connectivity index is 1.64. The third-order valence-electron chi connectivity index (χ3n) is 3.97. The van der Waals surface area contributed by atoms with Gasteiger partial charge >= 0.3 is 0 Å². The van der Waals surface area contributed by atoms with Gasteiger partial charge in [-0.3, -0.25) is 4.79 Å². The van der Waals surface area contributed by atoms with Crippen LogP contribution in [0.3, 0.4) is 0 Å². The largest absolute Gasteiger partial charge is 0.352 e. The first-order valence-corrected chi connectivity index (χ1v) is 8.47. The number of carbonyl (C=O) groups excluding carboxylic acids is 1. The second-order valence-corrected chi connectivity index (χ2v) is 6.22. The van der Waals surface area contributed by atoms with Crippen molar-refractivity contribution < 1.29 is 4.79 Å². The van der Waals surface area contributed by atoms with E-state index in [0.29, 0.717) is 5.56 Å². The monoisotopic (exact) mass is 353 g/mol. The Bertz CT molecular complexity index is 459. The molecule has 1 aromatic carbocycles. The van der Waals surface area contributed by atoms with Crippen LogP contribution in [-0.2, 0) is 0 Å². The lowest BCUT2D eigenvalue weighted by Gasteiger charge is -2.33. The van der Waals surface area contributed by atoms with Gasteiger partial charge in [0.2, 0.25) is 0 Å². The molecule has 0 bridgehead atoms. The predicted molar refractivity (Wildman–Crippen MR) is 89.6 cm³/mol. The first kappa shape index (κ1) is 16.5. The van der Waals surface area contributed by atoms with Crippen LogP contribution in [0.25, 0.3) is 0 Å². The normalized spacial score (nSPS) is 16.9. The number of rotatable bonds is 6. The van der Waals surface area contributed by atoms with E-state index in [-0.39, 0.29) is 5.91 Å². The maximum atomic E-state index is 12.0.